The Balaban J connectivity index is 1.74. The van der Waals surface area contributed by atoms with Crippen LogP contribution in [0.4, 0.5) is 10.2 Å². The summed E-state index contributed by atoms with van der Waals surface area (Å²) >= 11 is 6.12. The molecule has 0 atom stereocenters. The van der Waals surface area contributed by atoms with Gasteiger partial charge < -0.3 is 15.2 Å². The van der Waals surface area contributed by atoms with Crippen molar-refractivity contribution in [2.75, 3.05) is 18.4 Å². The highest BCUT2D eigenvalue weighted by Gasteiger charge is 2.24. The van der Waals surface area contributed by atoms with Gasteiger partial charge in [0.1, 0.15) is 11.5 Å². The first kappa shape index (κ1) is 17.8. The molecule has 1 aromatic carbocycles. The van der Waals surface area contributed by atoms with Crippen LogP contribution in [0.3, 0.4) is 0 Å². The molecule has 2 N–H and O–H groups in total. The van der Waals surface area contributed by atoms with Crippen LogP contribution in [0.2, 0.25) is 5.02 Å². The summed E-state index contributed by atoms with van der Waals surface area (Å²) in [5, 5.41) is 4.45. The van der Waals surface area contributed by atoms with Crippen LogP contribution < -0.4 is 5.32 Å². The molecule has 5 nitrogen and oxygen atoms in total. The molecule has 3 aromatic rings. The molecule has 0 unspecified atom stereocenters. The molecule has 0 saturated carbocycles. The molecule has 27 heavy (non-hydrogen) atoms. The van der Waals surface area contributed by atoms with Gasteiger partial charge in [0, 0.05) is 41.3 Å². The zero-order valence-corrected chi connectivity index (χ0v) is 16.0. The number of aromatic amines is 1. The van der Waals surface area contributed by atoms with Gasteiger partial charge in [0.05, 0.1) is 5.52 Å². The fourth-order valence-electron chi connectivity index (χ4n) is 3.24. The van der Waals surface area contributed by atoms with Gasteiger partial charge in [-0.05, 0) is 44.0 Å². The van der Waals surface area contributed by atoms with Crippen LogP contribution in [0, 0.1) is 19.7 Å². The van der Waals surface area contributed by atoms with E-state index in [1.165, 1.54) is 6.07 Å². The van der Waals surface area contributed by atoms with E-state index in [0.29, 0.717) is 22.1 Å². The Morgan fingerprint density at radius 3 is 2.81 bits per heavy atom. The van der Waals surface area contributed by atoms with Gasteiger partial charge in [-0.3, -0.25) is 4.79 Å². The number of H-pyrrole nitrogens is 1. The van der Waals surface area contributed by atoms with Crippen molar-refractivity contribution in [2.45, 2.75) is 26.8 Å². The van der Waals surface area contributed by atoms with E-state index in [-0.39, 0.29) is 18.3 Å². The SMILES string of the molecule is Cc1[nH]c2c(NCc3c(F)cccc3Cl)nc(C(=O)N3CCC3)cc2c1C. The molecule has 0 aliphatic carbocycles. The fourth-order valence-corrected chi connectivity index (χ4v) is 3.47. The van der Waals surface area contributed by atoms with Crippen molar-refractivity contribution in [2.24, 2.45) is 0 Å². The number of carbonyl (C=O) groups is 1. The number of fused-ring (bicyclic) bond motifs is 1. The molecule has 7 heteroatoms. The van der Waals surface area contributed by atoms with Crippen LogP contribution in [0.15, 0.2) is 24.3 Å². The number of aryl methyl sites for hydroxylation is 2. The molecule has 4 rings (SSSR count). The molecule has 1 aliphatic heterocycles. The maximum Gasteiger partial charge on any atom is 0.272 e. The number of carbonyl (C=O) groups excluding carboxylic acids is 1. The molecule has 0 radical (unpaired) electrons. The average Bonchev–Trinajstić information content (AvgIpc) is 2.87. The van der Waals surface area contributed by atoms with Crippen LogP contribution in [0.25, 0.3) is 10.9 Å². The average molecular weight is 387 g/mol. The van der Waals surface area contributed by atoms with Crippen molar-refractivity contribution in [3.63, 3.8) is 0 Å². The van der Waals surface area contributed by atoms with E-state index < -0.39 is 0 Å². The first-order valence-electron chi connectivity index (χ1n) is 8.91. The van der Waals surface area contributed by atoms with E-state index >= 15 is 0 Å². The van der Waals surface area contributed by atoms with Gasteiger partial charge in [0.15, 0.2) is 5.82 Å². The number of hydrogen-bond acceptors (Lipinski definition) is 3. The number of aromatic nitrogens is 2. The lowest BCUT2D eigenvalue weighted by atomic mass is 10.1. The zero-order valence-electron chi connectivity index (χ0n) is 15.2. The minimum Gasteiger partial charge on any atom is -0.364 e. The minimum atomic E-state index is -0.377. The summed E-state index contributed by atoms with van der Waals surface area (Å²) in [6.45, 7) is 5.67. The van der Waals surface area contributed by atoms with Crippen molar-refractivity contribution in [1.82, 2.24) is 14.9 Å². The summed E-state index contributed by atoms with van der Waals surface area (Å²) in [6, 6.07) is 6.42. The third kappa shape index (κ3) is 3.14. The van der Waals surface area contributed by atoms with Crippen molar-refractivity contribution in [3.05, 3.63) is 57.6 Å². The van der Waals surface area contributed by atoms with Crippen LogP contribution in [0.1, 0.15) is 33.7 Å². The highest BCUT2D eigenvalue weighted by atomic mass is 35.5. The number of benzene rings is 1. The molecule has 140 valence electrons. The molecule has 1 fully saturated rings. The van der Waals surface area contributed by atoms with Crippen molar-refractivity contribution < 1.29 is 9.18 Å². The summed E-state index contributed by atoms with van der Waals surface area (Å²) in [5.74, 6) is 0.0678. The number of halogens is 2. The monoisotopic (exact) mass is 386 g/mol. The van der Waals surface area contributed by atoms with Crippen molar-refractivity contribution >= 4 is 34.2 Å². The van der Waals surface area contributed by atoms with Crippen LogP contribution >= 0.6 is 11.6 Å². The van der Waals surface area contributed by atoms with E-state index in [0.717, 1.165) is 41.7 Å². The predicted molar refractivity (Wildman–Crippen MR) is 105 cm³/mol. The van der Waals surface area contributed by atoms with Gasteiger partial charge in [-0.1, -0.05) is 17.7 Å². The normalized spacial score (nSPS) is 13.7. The molecular weight excluding hydrogens is 367 g/mol. The predicted octanol–water partition coefficient (Wildman–Crippen LogP) is 4.43. The lowest BCUT2D eigenvalue weighted by molar-refractivity contribution is 0.0646. The third-order valence-electron chi connectivity index (χ3n) is 5.16. The Hall–Kier alpha value is -2.60. The molecule has 2 aromatic heterocycles. The molecule has 0 bridgehead atoms. The maximum absolute atomic E-state index is 14.1. The standard InChI is InChI=1S/C20H20ClFN4O/c1-11-12(2)24-18-13(11)9-17(20(27)26-7-4-8-26)25-19(18)23-10-14-15(21)5-3-6-16(14)22/h3,5-6,9,24H,4,7-8,10H2,1-2H3,(H,23,25). The fraction of sp³-hybridized carbons (Fsp3) is 0.300. The van der Waals surface area contributed by atoms with Gasteiger partial charge in [-0.15, -0.1) is 0 Å². The zero-order chi connectivity index (χ0) is 19.1. The van der Waals surface area contributed by atoms with Gasteiger partial charge in [0.25, 0.3) is 5.91 Å². The summed E-state index contributed by atoms with van der Waals surface area (Å²) in [5.41, 5.74) is 3.64. The van der Waals surface area contributed by atoms with Gasteiger partial charge >= 0.3 is 0 Å². The topological polar surface area (TPSA) is 61.0 Å². The van der Waals surface area contributed by atoms with Gasteiger partial charge in [-0.25, -0.2) is 9.37 Å². The number of nitrogens with zero attached hydrogens (tertiary/aromatic N) is 2. The Bertz CT molecular complexity index is 1020. The minimum absolute atomic E-state index is 0.0756. The van der Waals surface area contributed by atoms with Crippen LogP contribution in [0.5, 0.6) is 0 Å². The largest absolute Gasteiger partial charge is 0.364 e. The second kappa shape index (κ2) is 6.85. The number of amides is 1. The lowest BCUT2D eigenvalue weighted by Gasteiger charge is -2.30. The number of hydrogen-bond donors (Lipinski definition) is 2. The van der Waals surface area contributed by atoms with Crippen molar-refractivity contribution in [3.8, 4) is 0 Å². The first-order valence-corrected chi connectivity index (χ1v) is 9.29. The summed E-state index contributed by atoms with van der Waals surface area (Å²) in [4.78, 5) is 22.3. The molecule has 1 amide bonds. The number of likely N-dealkylation sites (tertiary alicyclic amines) is 1. The van der Waals surface area contributed by atoms with E-state index in [1.54, 1.807) is 17.0 Å². The molecule has 0 spiro atoms. The number of pyridine rings is 1. The Morgan fingerprint density at radius 2 is 2.15 bits per heavy atom. The molecule has 1 aliphatic rings. The molecule has 3 heterocycles. The summed E-state index contributed by atoms with van der Waals surface area (Å²) in [6.07, 6.45) is 1.02. The highest BCUT2D eigenvalue weighted by Crippen LogP contribution is 2.29. The number of nitrogens with one attached hydrogen (secondary N) is 2. The third-order valence-corrected chi connectivity index (χ3v) is 5.51. The number of anilines is 1. The smallest absolute Gasteiger partial charge is 0.272 e. The van der Waals surface area contributed by atoms with E-state index in [9.17, 15) is 9.18 Å². The van der Waals surface area contributed by atoms with Crippen LogP contribution in [-0.2, 0) is 6.54 Å². The Morgan fingerprint density at radius 1 is 1.37 bits per heavy atom. The second-order valence-corrected chi connectivity index (χ2v) is 7.26. The summed E-state index contributed by atoms with van der Waals surface area (Å²) in [7, 11) is 0. The van der Waals surface area contributed by atoms with Crippen molar-refractivity contribution in [1.29, 1.82) is 0 Å². The Labute approximate surface area is 161 Å². The quantitative estimate of drug-likeness (QED) is 0.697. The molecule has 1 saturated heterocycles. The van der Waals surface area contributed by atoms with Crippen LogP contribution in [-0.4, -0.2) is 33.9 Å². The van der Waals surface area contributed by atoms with Gasteiger partial charge in [0.2, 0.25) is 0 Å². The highest BCUT2D eigenvalue weighted by molar-refractivity contribution is 6.31. The first-order chi connectivity index (χ1) is 13.0. The second-order valence-electron chi connectivity index (χ2n) is 6.85. The maximum atomic E-state index is 14.1. The molecular formula is C20H20ClFN4O. The van der Waals surface area contributed by atoms with E-state index in [2.05, 4.69) is 15.3 Å². The Kier molecular flexibility index (Phi) is 4.52. The number of rotatable bonds is 4. The van der Waals surface area contributed by atoms with E-state index in [1.807, 2.05) is 19.9 Å². The lowest BCUT2D eigenvalue weighted by Crippen LogP contribution is -2.42. The summed E-state index contributed by atoms with van der Waals surface area (Å²) < 4.78 is 14.1. The van der Waals surface area contributed by atoms with Gasteiger partial charge in [-0.2, -0.15) is 0 Å². The van der Waals surface area contributed by atoms with E-state index in [4.69, 9.17) is 11.6 Å².